The Kier molecular flexibility index (Phi) is 4.64. The lowest BCUT2D eigenvalue weighted by atomic mass is 9.68. The average Bonchev–Trinajstić information content (AvgIpc) is 2.41. The summed E-state index contributed by atoms with van der Waals surface area (Å²) in [7, 11) is 0. The number of hydrogen-bond acceptors (Lipinski definition) is 2. The second-order valence-electron chi connectivity index (χ2n) is 8.80. The van der Waals surface area contributed by atoms with Gasteiger partial charge in [-0.15, -0.1) is 0 Å². The van der Waals surface area contributed by atoms with Crippen molar-refractivity contribution in [3.63, 3.8) is 0 Å². The fraction of sp³-hybridized carbons (Fsp3) is 0.632. The van der Waals surface area contributed by atoms with Crippen LogP contribution in [0.25, 0.3) is 0 Å². The van der Waals surface area contributed by atoms with Gasteiger partial charge in [0, 0.05) is 5.57 Å². The minimum atomic E-state index is -4.79. The van der Waals surface area contributed by atoms with E-state index in [1.165, 1.54) is 0 Å². The molecule has 0 aromatic carbocycles. The molecule has 0 aromatic heterocycles. The molecule has 0 saturated heterocycles. The molecule has 1 aliphatic heterocycles. The van der Waals surface area contributed by atoms with E-state index >= 15 is 0 Å². The quantitative estimate of drug-likeness (QED) is 0.696. The number of rotatable bonds is 1. The fourth-order valence-electron chi connectivity index (χ4n) is 3.14. The second-order valence-corrected chi connectivity index (χ2v) is 8.80. The Bertz CT molecular complexity index is 667. The maximum absolute atomic E-state index is 13.3. The Morgan fingerprint density at radius 3 is 2.12 bits per heavy atom. The predicted molar refractivity (Wildman–Crippen MR) is 88.8 cm³/mol. The topological polar surface area (TPSA) is 46.5 Å². The van der Waals surface area contributed by atoms with Gasteiger partial charge in [-0.3, -0.25) is 0 Å². The van der Waals surface area contributed by atoms with E-state index in [1.807, 2.05) is 26.8 Å². The number of carbonyl (C=O) groups is 1. The molecular formula is C19H25F3O3. The Morgan fingerprint density at radius 1 is 1.16 bits per heavy atom. The van der Waals surface area contributed by atoms with E-state index in [0.29, 0.717) is 12.0 Å². The number of carboxylic acids is 1. The van der Waals surface area contributed by atoms with Crippen molar-refractivity contribution in [3.05, 3.63) is 34.6 Å². The van der Waals surface area contributed by atoms with Crippen LogP contribution in [0.1, 0.15) is 48.0 Å². The molecule has 6 heteroatoms. The number of allylic oxidation sites excluding steroid dienone is 3. The highest BCUT2D eigenvalue weighted by Gasteiger charge is 2.50. The first kappa shape index (κ1) is 19.6. The molecule has 2 unspecified atom stereocenters. The average molecular weight is 358 g/mol. The molecule has 2 atom stereocenters. The van der Waals surface area contributed by atoms with Gasteiger partial charge in [0.15, 0.2) is 0 Å². The van der Waals surface area contributed by atoms with Crippen molar-refractivity contribution in [1.82, 2.24) is 0 Å². The van der Waals surface area contributed by atoms with Gasteiger partial charge in [0.25, 0.3) is 0 Å². The van der Waals surface area contributed by atoms with Crippen LogP contribution >= 0.6 is 0 Å². The van der Waals surface area contributed by atoms with Crippen molar-refractivity contribution in [2.45, 2.75) is 60.2 Å². The molecule has 2 rings (SSSR count). The molecule has 1 heterocycles. The van der Waals surface area contributed by atoms with Gasteiger partial charge in [-0.2, -0.15) is 13.2 Å². The molecule has 0 spiro atoms. The molecule has 0 saturated carbocycles. The Labute approximate surface area is 146 Å². The van der Waals surface area contributed by atoms with Crippen LogP contribution in [0.15, 0.2) is 34.6 Å². The molecule has 0 radical (unpaired) electrons. The molecule has 1 aliphatic carbocycles. The second kappa shape index (κ2) is 5.92. The number of alkyl halides is 3. The summed E-state index contributed by atoms with van der Waals surface area (Å²) in [6, 6.07) is 0. The number of halogens is 3. The van der Waals surface area contributed by atoms with Crippen molar-refractivity contribution in [2.75, 3.05) is 0 Å². The van der Waals surface area contributed by atoms with Crippen molar-refractivity contribution >= 4 is 5.97 Å². The first-order valence-corrected chi connectivity index (χ1v) is 8.26. The highest BCUT2D eigenvalue weighted by molar-refractivity contribution is 5.89. The third-order valence-electron chi connectivity index (χ3n) is 4.73. The highest BCUT2D eigenvalue weighted by Crippen LogP contribution is 2.48. The maximum atomic E-state index is 13.3. The molecular weight excluding hydrogens is 333 g/mol. The van der Waals surface area contributed by atoms with E-state index in [4.69, 9.17) is 4.74 Å². The zero-order valence-corrected chi connectivity index (χ0v) is 15.4. The highest BCUT2D eigenvalue weighted by atomic mass is 19.4. The summed E-state index contributed by atoms with van der Waals surface area (Å²) in [5, 5.41) is 9.22. The van der Waals surface area contributed by atoms with Crippen LogP contribution in [-0.2, 0) is 9.53 Å². The third-order valence-corrected chi connectivity index (χ3v) is 4.73. The zero-order valence-electron chi connectivity index (χ0n) is 15.4. The number of hydrogen-bond donors (Lipinski definition) is 1. The molecule has 0 amide bonds. The van der Waals surface area contributed by atoms with E-state index in [-0.39, 0.29) is 22.5 Å². The van der Waals surface area contributed by atoms with Crippen molar-refractivity contribution in [2.24, 2.45) is 16.7 Å². The number of fused-ring (bicyclic) bond motifs is 1. The predicted octanol–water partition coefficient (Wildman–Crippen LogP) is 5.25. The molecule has 2 aliphatic rings. The van der Waals surface area contributed by atoms with Crippen molar-refractivity contribution in [3.8, 4) is 0 Å². The van der Waals surface area contributed by atoms with Crippen LogP contribution in [0.2, 0.25) is 0 Å². The Balaban J connectivity index is 2.68. The van der Waals surface area contributed by atoms with E-state index in [1.54, 1.807) is 0 Å². The fourth-order valence-corrected chi connectivity index (χ4v) is 3.14. The molecule has 1 N–H and O–H groups in total. The Hall–Kier alpha value is -1.72. The minimum absolute atomic E-state index is 0.0813. The van der Waals surface area contributed by atoms with E-state index in [0.717, 1.165) is 11.6 Å². The lowest BCUT2D eigenvalue weighted by Gasteiger charge is -2.40. The van der Waals surface area contributed by atoms with E-state index < -0.39 is 23.8 Å². The third kappa shape index (κ3) is 3.93. The van der Waals surface area contributed by atoms with Gasteiger partial charge in [-0.1, -0.05) is 47.6 Å². The lowest BCUT2D eigenvalue weighted by molar-refractivity contribution is -0.200. The smallest absolute Gasteiger partial charge is 0.430 e. The molecule has 0 aromatic rings. The van der Waals surface area contributed by atoms with Gasteiger partial charge >= 0.3 is 12.1 Å². The number of aliphatic carboxylic acids is 1. The molecule has 140 valence electrons. The molecule has 3 nitrogen and oxygen atoms in total. The van der Waals surface area contributed by atoms with Crippen LogP contribution < -0.4 is 0 Å². The summed E-state index contributed by atoms with van der Waals surface area (Å²) in [6.07, 6.45) is -3.66. The summed E-state index contributed by atoms with van der Waals surface area (Å²) >= 11 is 0. The zero-order chi connectivity index (χ0) is 19.4. The van der Waals surface area contributed by atoms with Crippen LogP contribution in [0.4, 0.5) is 13.2 Å². The largest absolute Gasteiger partial charge is 0.478 e. The SMILES string of the molecule is CC(C)(C)C1=C2OC(C(F)(F)F)C(C(=O)O)=CC2=CC(C(C)(C)C)C1. The van der Waals surface area contributed by atoms with E-state index in [9.17, 15) is 23.1 Å². The summed E-state index contributed by atoms with van der Waals surface area (Å²) in [6.45, 7) is 12.0. The normalized spacial score (nSPS) is 25.0. The molecule has 0 bridgehead atoms. The van der Waals surface area contributed by atoms with Gasteiger partial charge in [0.05, 0.1) is 5.57 Å². The standard InChI is InChI=1S/C19H25F3O3/c1-17(2,3)11-7-10-8-12(16(23)24)15(19(20,21)22)25-14(10)13(9-11)18(4,5)6/h7-8,11,15H,9H2,1-6H3,(H,23,24). The van der Waals surface area contributed by atoms with Crippen LogP contribution in [0.3, 0.4) is 0 Å². The van der Waals surface area contributed by atoms with Gasteiger partial charge in [-0.25, -0.2) is 4.79 Å². The molecule has 25 heavy (non-hydrogen) atoms. The maximum Gasteiger partial charge on any atom is 0.430 e. The van der Waals surface area contributed by atoms with Gasteiger partial charge in [0.1, 0.15) is 5.76 Å². The summed E-state index contributed by atoms with van der Waals surface area (Å²) < 4.78 is 45.3. The number of ether oxygens (including phenoxy) is 1. The van der Waals surface area contributed by atoms with Crippen LogP contribution in [0, 0.1) is 16.7 Å². The van der Waals surface area contributed by atoms with Crippen LogP contribution in [-0.4, -0.2) is 23.4 Å². The molecule has 0 fully saturated rings. The minimum Gasteiger partial charge on any atom is -0.478 e. The number of carboxylic acid groups (broad SMARTS) is 1. The monoisotopic (exact) mass is 358 g/mol. The first-order chi connectivity index (χ1) is 11.1. The van der Waals surface area contributed by atoms with Gasteiger partial charge in [-0.05, 0) is 34.8 Å². The lowest BCUT2D eigenvalue weighted by Crippen LogP contribution is -2.40. The Morgan fingerprint density at radius 2 is 1.72 bits per heavy atom. The summed E-state index contributed by atoms with van der Waals surface area (Å²) in [5.74, 6) is -1.35. The van der Waals surface area contributed by atoms with Crippen LogP contribution in [0.5, 0.6) is 0 Å². The van der Waals surface area contributed by atoms with E-state index in [2.05, 4.69) is 20.8 Å². The van der Waals surface area contributed by atoms with Gasteiger partial charge in [0.2, 0.25) is 6.10 Å². The summed E-state index contributed by atoms with van der Waals surface area (Å²) in [5.41, 5.74) is -0.0323. The summed E-state index contributed by atoms with van der Waals surface area (Å²) in [4.78, 5) is 11.4. The first-order valence-electron chi connectivity index (χ1n) is 8.26. The van der Waals surface area contributed by atoms with Gasteiger partial charge < -0.3 is 9.84 Å². The van der Waals surface area contributed by atoms with Crippen molar-refractivity contribution < 1.29 is 27.8 Å². The van der Waals surface area contributed by atoms with Crippen molar-refractivity contribution in [1.29, 1.82) is 0 Å².